The second kappa shape index (κ2) is 24.0. The Morgan fingerprint density at radius 2 is 0.667 bits per heavy atom. The van der Waals surface area contributed by atoms with Crippen molar-refractivity contribution >= 4 is 17.4 Å². The molecule has 0 saturated heterocycles. The maximum atomic E-state index is 10.3. The number of rotatable bonds is 2. The predicted molar refractivity (Wildman–Crippen MR) is 33.8 cm³/mol. The highest BCUT2D eigenvalue weighted by Crippen LogP contribution is 1.63. The van der Waals surface area contributed by atoms with E-state index >= 15 is 0 Å². The van der Waals surface area contributed by atoms with Crippen LogP contribution in [0.5, 0.6) is 0 Å². The van der Waals surface area contributed by atoms with Crippen LogP contribution in [0.1, 0.15) is 0 Å². The summed E-state index contributed by atoms with van der Waals surface area (Å²) in [6.45, 7) is -3.39. The van der Waals surface area contributed by atoms with Gasteiger partial charge in [0.25, 0.3) is 0 Å². The maximum Gasteiger partial charge on any atom is 0.187 e. The molecule has 0 aromatic carbocycles. The Hall–Kier alpha value is 0.252. The van der Waals surface area contributed by atoms with Gasteiger partial charge < -0.3 is 0 Å². The second-order valence-electron chi connectivity index (χ2n) is 0.756. The van der Waals surface area contributed by atoms with Crippen LogP contribution in [0.2, 0.25) is 0 Å². The lowest BCUT2D eigenvalue weighted by Gasteiger charge is -1.61. The van der Waals surface area contributed by atoms with E-state index in [1.165, 1.54) is 0 Å². The lowest BCUT2D eigenvalue weighted by molar-refractivity contribution is 0.380. The molecule has 0 aliphatic rings. The largest absolute Gasteiger partial charge is 0.248 e. The first-order valence-corrected chi connectivity index (χ1v) is 2.07. The maximum absolute atomic E-state index is 10.3. The molecular formula is C4H11AlF4. The Kier molecular flexibility index (Phi) is 43.0. The molecule has 0 heterocycles. The summed E-state index contributed by atoms with van der Waals surface area (Å²) >= 11 is 0. The van der Waals surface area contributed by atoms with Crippen LogP contribution in [0.25, 0.3) is 0 Å². The minimum absolute atomic E-state index is 0. The molecule has 9 heavy (non-hydrogen) atoms. The second-order valence-corrected chi connectivity index (χ2v) is 0.756. The van der Waals surface area contributed by atoms with E-state index in [4.69, 9.17) is 0 Å². The molecule has 0 amide bonds. The number of hydrogen-bond donors (Lipinski definition) is 0. The zero-order valence-electron chi connectivity index (χ0n) is 4.34. The summed E-state index contributed by atoms with van der Waals surface area (Å²) in [7, 11) is 0. The van der Waals surface area contributed by atoms with Gasteiger partial charge in [0.05, 0.1) is 0 Å². The Morgan fingerprint density at radius 3 is 0.667 bits per heavy atom. The zero-order chi connectivity index (χ0) is 6.83. The van der Waals surface area contributed by atoms with Gasteiger partial charge in [-0.05, 0) is 0 Å². The molecule has 0 unspecified atom stereocenters. The van der Waals surface area contributed by atoms with Crippen molar-refractivity contribution in [2.45, 2.75) is 0 Å². The van der Waals surface area contributed by atoms with Gasteiger partial charge in [0.1, 0.15) is 26.7 Å². The van der Waals surface area contributed by atoms with E-state index in [-0.39, 0.29) is 17.4 Å². The third kappa shape index (κ3) is 63.6. The molecule has 0 fully saturated rings. The van der Waals surface area contributed by atoms with Crippen LogP contribution in [-0.4, -0.2) is 44.1 Å². The molecule has 0 aromatic heterocycles. The minimum atomic E-state index is -0.847. The average molecular weight is 162 g/mol. The summed E-state index contributed by atoms with van der Waals surface area (Å²) in [4.78, 5) is 0. The van der Waals surface area contributed by atoms with Crippen LogP contribution in [-0.2, 0) is 0 Å². The monoisotopic (exact) mass is 162 g/mol. The van der Waals surface area contributed by atoms with Crippen molar-refractivity contribution in [1.82, 2.24) is 0 Å². The van der Waals surface area contributed by atoms with Crippen molar-refractivity contribution in [3.05, 3.63) is 0 Å². The topological polar surface area (TPSA) is 0 Å². The van der Waals surface area contributed by atoms with E-state index in [9.17, 15) is 17.6 Å². The predicted octanol–water partition coefficient (Wildman–Crippen LogP) is 0.667. The number of hydrogen-bond acceptors (Lipinski definition) is 0. The molecule has 0 saturated carbocycles. The Bertz CT molecular complexity index is 20.5. The SMILES string of the molecule is FCCF.FCCF.[AlH3]. The van der Waals surface area contributed by atoms with E-state index < -0.39 is 26.7 Å². The van der Waals surface area contributed by atoms with Gasteiger partial charge in [0.15, 0.2) is 17.4 Å². The Labute approximate surface area is 62.4 Å². The summed E-state index contributed by atoms with van der Waals surface area (Å²) in [6.07, 6.45) is 0. The fraction of sp³-hybridized carbons (Fsp3) is 1.00. The van der Waals surface area contributed by atoms with Gasteiger partial charge in [-0.3, -0.25) is 0 Å². The first-order chi connectivity index (χ1) is 3.83. The van der Waals surface area contributed by atoms with Crippen LogP contribution in [0.4, 0.5) is 17.6 Å². The van der Waals surface area contributed by atoms with E-state index in [1.54, 1.807) is 0 Å². The van der Waals surface area contributed by atoms with Crippen LogP contribution >= 0.6 is 0 Å². The summed E-state index contributed by atoms with van der Waals surface area (Å²) in [5, 5.41) is 0. The minimum Gasteiger partial charge on any atom is -0.248 e. The van der Waals surface area contributed by atoms with E-state index in [1.807, 2.05) is 0 Å². The van der Waals surface area contributed by atoms with Gasteiger partial charge in [0.2, 0.25) is 0 Å². The molecule has 0 aliphatic carbocycles. The van der Waals surface area contributed by atoms with Crippen molar-refractivity contribution in [2.24, 2.45) is 0 Å². The summed E-state index contributed by atoms with van der Waals surface area (Å²) in [5.74, 6) is 0. The Balaban J connectivity index is -0.0000000720. The van der Waals surface area contributed by atoms with E-state index in [0.29, 0.717) is 0 Å². The Morgan fingerprint density at radius 1 is 0.556 bits per heavy atom. The molecular weight excluding hydrogens is 151 g/mol. The number of alkyl halides is 4. The van der Waals surface area contributed by atoms with Gasteiger partial charge in [-0.15, -0.1) is 0 Å². The fourth-order valence-electron chi connectivity index (χ4n) is 0. The molecule has 0 radical (unpaired) electrons. The highest BCUT2D eigenvalue weighted by molar-refractivity contribution is 5.75. The molecule has 0 nitrogen and oxygen atoms in total. The molecule has 5 heteroatoms. The molecule has 0 atom stereocenters. The van der Waals surface area contributed by atoms with Crippen LogP contribution in [0.3, 0.4) is 0 Å². The summed E-state index contributed by atoms with van der Waals surface area (Å²) in [6, 6.07) is 0. The van der Waals surface area contributed by atoms with E-state index in [0.717, 1.165) is 0 Å². The van der Waals surface area contributed by atoms with Crippen molar-refractivity contribution in [3.63, 3.8) is 0 Å². The van der Waals surface area contributed by atoms with Crippen molar-refractivity contribution in [3.8, 4) is 0 Å². The van der Waals surface area contributed by atoms with Gasteiger partial charge in [-0.1, -0.05) is 0 Å². The summed E-state index contributed by atoms with van der Waals surface area (Å²) in [5.41, 5.74) is 0. The highest BCUT2D eigenvalue weighted by atomic mass is 27.0. The normalized spacial score (nSPS) is 6.67. The van der Waals surface area contributed by atoms with Gasteiger partial charge in [-0.2, -0.15) is 0 Å². The molecule has 58 valence electrons. The standard InChI is InChI=1S/2C2H4F2.Al.3H/c2*3-1-2-4;;;;/h2*1-2H2;;;;. The molecule has 0 aliphatic heterocycles. The van der Waals surface area contributed by atoms with Crippen LogP contribution < -0.4 is 0 Å². The third-order valence-corrected chi connectivity index (χ3v) is 0.143. The highest BCUT2D eigenvalue weighted by Gasteiger charge is 1.65. The van der Waals surface area contributed by atoms with Crippen molar-refractivity contribution in [1.29, 1.82) is 0 Å². The molecule has 0 spiro atoms. The van der Waals surface area contributed by atoms with Crippen molar-refractivity contribution in [2.75, 3.05) is 26.7 Å². The average Bonchev–Trinajstić information content (AvgIpc) is 1.88. The number of halogens is 4. The van der Waals surface area contributed by atoms with Gasteiger partial charge in [-0.25, -0.2) is 17.6 Å². The fourth-order valence-corrected chi connectivity index (χ4v) is 0. The quantitative estimate of drug-likeness (QED) is 0.413. The molecule has 0 bridgehead atoms. The lowest BCUT2D eigenvalue weighted by Crippen LogP contribution is -1.68. The molecule has 0 aromatic rings. The molecule has 0 rings (SSSR count). The first kappa shape index (κ1) is 16.1. The van der Waals surface area contributed by atoms with Crippen LogP contribution in [0.15, 0.2) is 0 Å². The smallest absolute Gasteiger partial charge is 0.187 e. The van der Waals surface area contributed by atoms with Crippen LogP contribution in [0, 0.1) is 0 Å². The summed E-state index contributed by atoms with van der Waals surface area (Å²) < 4.78 is 41.4. The van der Waals surface area contributed by atoms with Gasteiger partial charge >= 0.3 is 0 Å². The van der Waals surface area contributed by atoms with Gasteiger partial charge in [0, 0.05) is 0 Å². The lowest BCUT2D eigenvalue weighted by atomic mass is 10.9. The zero-order valence-corrected chi connectivity index (χ0v) is 4.34. The first-order valence-electron chi connectivity index (χ1n) is 2.07. The van der Waals surface area contributed by atoms with E-state index in [2.05, 4.69) is 0 Å². The van der Waals surface area contributed by atoms with Crippen molar-refractivity contribution < 1.29 is 17.6 Å². The third-order valence-electron chi connectivity index (χ3n) is 0.143. The molecule has 0 N–H and O–H groups in total.